The first kappa shape index (κ1) is 13.8. The SMILES string of the molecule is Cc1cc(CO)cc(-c2ccc(C(C)(C)C)cc2)c1. The van der Waals surface area contributed by atoms with Crippen LogP contribution in [-0.2, 0) is 12.0 Å². The molecule has 0 saturated carbocycles. The lowest BCUT2D eigenvalue weighted by atomic mass is 9.86. The quantitative estimate of drug-likeness (QED) is 0.839. The Morgan fingerprint density at radius 3 is 2.05 bits per heavy atom. The maximum absolute atomic E-state index is 9.28. The lowest BCUT2D eigenvalue weighted by molar-refractivity contribution is 0.282. The second-order valence-corrected chi connectivity index (χ2v) is 6.19. The van der Waals surface area contributed by atoms with E-state index in [0.29, 0.717) is 0 Å². The molecule has 100 valence electrons. The molecule has 0 aliphatic carbocycles. The van der Waals surface area contributed by atoms with Crippen molar-refractivity contribution >= 4 is 0 Å². The van der Waals surface area contributed by atoms with Gasteiger partial charge in [0.1, 0.15) is 0 Å². The monoisotopic (exact) mass is 254 g/mol. The number of hydrogen-bond donors (Lipinski definition) is 1. The van der Waals surface area contributed by atoms with Crippen molar-refractivity contribution in [2.45, 2.75) is 39.7 Å². The third-order valence-corrected chi connectivity index (χ3v) is 3.40. The van der Waals surface area contributed by atoms with Gasteiger partial charge in [-0.05, 0) is 40.7 Å². The molecule has 0 bridgehead atoms. The molecule has 2 aromatic carbocycles. The highest BCUT2D eigenvalue weighted by molar-refractivity contribution is 5.65. The highest BCUT2D eigenvalue weighted by atomic mass is 16.3. The van der Waals surface area contributed by atoms with Crippen LogP contribution < -0.4 is 0 Å². The van der Waals surface area contributed by atoms with E-state index in [1.54, 1.807) is 0 Å². The van der Waals surface area contributed by atoms with Crippen LogP contribution in [0.5, 0.6) is 0 Å². The van der Waals surface area contributed by atoms with Crippen LogP contribution in [0.1, 0.15) is 37.5 Å². The number of benzene rings is 2. The summed E-state index contributed by atoms with van der Waals surface area (Å²) in [5.41, 5.74) is 6.04. The Balaban J connectivity index is 2.40. The van der Waals surface area contributed by atoms with E-state index in [1.165, 1.54) is 22.3 Å². The average molecular weight is 254 g/mol. The summed E-state index contributed by atoms with van der Waals surface area (Å²) in [5, 5.41) is 9.28. The predicted molar refractivity (Wildman–Crippen MR) is 81.2 cm³/mol. The van der Waals surface area contributed by atoms with E-state index in [0.717, 1.165) is 5.56 Å². The summed E-state index contributed by atoms with van der Waals surface area (Å²) in [6.07, 6.45) is 0. The predicted octanol–water partition coefficient (Wildman–Crippen LogP) is 4.45. The van der Waals surface area contributed by atoms with Gasteiger partial charge in [-0.1, -0.05) is 62.7 Å². The van der Waals surface area contributed by atoms with Crippen molar-refractivity contribution in [1.82, 2.24) is 0 Å². The standard InChI is InChI=1S/C18H22O/c1-13-9-14(12-19)11-16(10-13)15-5-7-17(8-6-15)18(2,3)4/h5-11,19H,12H2,1-4H3. The summed E-state index contributed by atoms with van der Waals surface area (Å²) in [4.78, 5) is 0. The molecule has 0 atom stereocenters. The Morgan fingerprint density at radius 1 is 0.895 bits per heavy atom. The second-order valence-electron chi connectivity index (χ2n) is 6.19. The molecule has 0 aromatic heterocycles. The second kappa shape index (κ2) is 5.18. The average Bonchev–Trinajstić information content (AvgIpc) is 2.37. The zero-order valence-electron chi connectivity index (χ0n) is 12.2. The summed E-state index contributed by atoms with van der Waals surface area (Å²) in [5.74, 6) is 0. The maximum atomic E-state index is 9.28. The van der Waals surface area contributed by atoms with Crippen LogP contribution >= 0.6 is 0 Å². The van der Waals surface area contributed by atoms with E-state index in [9.17, 15) is 5.11 Å². The summed E-state index contributed by atoms with van der Waals surface area (Å²) < 4.78 is 0. The van der Waals surface area contributed by atoms with Gasteiger partial charge >= 0.3 is 0 Å². The third-order valence-electron chi connectivity index (χ3n) is 3.40. The van der Waals surface area contributed by atoms with E-state index >= 15 is 0 Å². The number of hydrogen-bond acceptors (Lipinski definition) is 1. The topological polar surface area (TPSA) is 20.2 Å². The molecule has 2 aromatic rings. The van der Waals surface area contributed by atoms with Crippen LogP contribution in [0.3, 0.4) is 0 Å². The minimum atomic E-state index is 0.0920. The van der Waals surface area contributed by atoms with E-state index in [1.807, 2.05) is 6.07 Å². The minimum absolute atomic E-state index is 0.0920. The normalized spacial score (nSPS) is 11.6. The molecule has 1 N–H and O–H groups in total. The van der Waals surface area contributed by atoms with Crippen LogP contribution in [0.4, 0.5) is 0 Å². The third kappa shape index (κ3) is 3.24. The highest BCUT2D eigenvalue weighted by Crippen LogP contribution is 2.27. The van der Waals surface area contributed by atoms with Crippen molar-refractivity contribution in [2.75, 3.05) is 0 Å². The molecule has 0 aliphatic heterocycles. The van der Waals surface area contributed by atoms with Crippen LogP contribution in [-0.4, -0.2) is 5.11 Å². The van der Waals surface area contributed by atoms with Gasteiger partial charge in [0.15, 0.2) is 0 Å². The van der Waals surface area contributed by atoms with Crippen molar-refractivity contribution in [3.05, 3.63) is 59.2 Å². The fourth-order valence-electron chi connectivity index (χ4n) is 2.28. The maximum Gasteiger partial charge on any atom is 0.0682 e. The fraction of sp³-hybridized carbons (Fsp3) is 0.333. The first-order chi connectivity index (χ1) is 8.90. The van der Waals surface area contributed by atoms with Gasteiger partial charge < -0.3 is 5.11 Å². The van der Waals surface area contributed by atoms with Gasteiger partial charge in [-0.3, -0.25) is 0 Å². The molecule has 0 saturated heterocycles. The van der Waals surface area contributed by atoms with Gasteiger partial charge in [0.05, 0.1) is 6.61 Å². The molecule has 0 amide bonds. The van der Waals surface area contributed by atoms with Crippen molar-refractivity contribution in [1.29, 1.82) is 0 Å². The molecule has 19 heavy (non-hydrogen) atoms. The Morgan fingerprint density at radius 2 is 1.53 bits per heavy atom. The van der Waals surface area contributed by atoms with Gasteiger partial charge in [0.25, 0.3) is 0 Å². The first-order valence-corrected chi connectivity index (χ1v) is 6.72. The molecule has 0 spiro atoms. The lowest BCUT2D eigenvalue weighted by Gasteiger charge is -2.19. The Kier molecular flexibility index (Phi) is 3.77. The van der Waals surface area contributed by atoms with Crippen LogP contribution in [0.15, 0.2) is 42.5 Å². The van der Waals surface area contributed by atoms with E-state index in [2.05, 4.69) is 64.1 Å². The fourth-order valence-corrected chi connectivity index (χ4v) is 2.28. The minimum Gasteiger partial charge on any atom is -0.392 e. The highest BCUT2D eigenvalue weighted by Gasteiger charge is 2.13. The molecule has 0 radical (unpaired) electrons. The Hall–Kier alpha value is -1.60. The van der Waals surface area contributed by atoms with Gasteiger partial charge in [-0.2, -0.15) is 0 Å². The molecule has 1 nitrogen and oxygen atoms in total. The summed E-state index contributed by atoms with van der Waals surface area (Å²) in [6.45, 7) is 8.82. The van der Waals surface area contributed by atoms with Crippen LogP contribution in [0.2, 0.25) is 0 Å². The largest absolute Gasteiger partial charge is 0.392 e. The zero-order valence-corrected chi connectivity index (χ0v) is 12.2. The molecule has 2 rings (SSSR count). The van der Waals surface area contributed by atoms with Gasteiger partial charge in [-0.15, -0.1) is 0 Å². The molecule has 0 unspecified atom stereocenters. The molecular formula is C18H22O. The smallest absolute Gasteiger partial charge is 0.0682 e. The molecule has 0 fully saturated rings. The number of aliphatic hydroxyl groups excluding tert-OH is 1. The number of aryl methyl sites for hydroxylation is 1. The van der Waals surface area contributed by atoms with Crippen molar-refractivity contribution in [2.24, 2.45) is 0 Å². The number of rotatable bonds is 2. The van der Waals surface area contributed by atoms with Crippen molar-refractivity contribution in [3.63, 3.8) is 0 Å². The van der Waals surface area contributed by atoms with Gasteiger partial charge in [0.2, 0.25) is 0 Å². The molecular weight excluding hydrogens is 232 g/mol. The Bertz CT molecular complexity index is 559. The van der Waals surface area contributed by atoms with Gasteiger partial charge in [-0.25, -0.2) is 0 Å². The zero-order chi connectivity index (χ0) is 14.0. The summed E-state index contributed by atoms with van der Waals surface area (Å²) >= 11 is 0. The first-order valence-electron chi connectivity index (χ1n) is 6.72. The van der Waals surface area contributed by atoms with Crippen LogP contribution in [0.25, 0.3) is 11.1 Å². The summed E-state index contributed by atoms with van der Waals surface area (Å²) in [6, 6.07) is 14.9. The van der Waals surface area contributed by atoms with Gasteiger partial charge in [0, 0.05) is 0 Å². The number of aliphatic hydroxyl groups is 1. The molecule has 0 aliphatic rings. The van der Waals surface area contributed by atoms with Crippen molar-refractivity contribution in [3.8, 4) is 11.1 Å². The van der Waals surface area contributed by atoms with E-state index < -0.39 is 0 Å². The molecule has 0 heterocycles. The van der Waals surface area contributed by atoms with Crippen molar-refractivity contribution < 1.29 is 5.11 Å². The van der Waals surface area contributed by atoms with Crippen LogP contribution in [0, 0.1) is 6.92 Å². The van der Waals surface area contributed by atoms with E-state index in [4.69, 9.17) is 0 Å². The Labute approximate surface area is 115 Å². The molecule has 1 heteroatoms. The van der Waals surface area contributed by atoms with E-state index in [-0.39, 0.29) is 12.0 Å². The lowest BCUT2D eigenvalue weighted by Crippen LogP contribution is -2.10. The summed E-state index contributed by atoms with van der Waals surface area (Å²) in [7, 11) is 0.